The van der Waals surface area contributed by atoms with Crippen molar-refractivity contribution in [3.63, 3.8) is 0 Å². The Balaban J connectivity index is 2.14. The first-order valence-electron chi connectivity index (χ1n) is 7.04. The molecular formula is C18H18N2. The van der Waals surface area contributed by atoms with Crippen LogP contribution in [-0.2, 0) is 5.66 Å². The van der Waals surface area contributed by atoms with Gasteiger partial charge >= 0.3 is 0 Å². The maximum absolute atomic E-state index is 2.39. The van der Waals surface area contributed by atoms with Gasteiger partial charge in [-0.3, -0.25) is 0 Å². The molecule has 2 aliphatic heterocycles. The van der Waals surface area contributed by atoms with E-state index >= 15 is 0 Å². The van der Waals surface area contributed by atoms with Gasteiger partial charge in [-0.1, -0.05) is 36.4 Å². The molecule has 2 aromatic carbocycles. The highest BCUT2D eigenvalue weighted by Gasteiger charge is 2.45. The van der Waals surface area contributed by atoms with Crippen LogP contribution in [0.1, 0.15) is 18.1 Å². The van der Waals surface area contributed by atoms with Gasteiger partial charge in [0.1, 0.15) is 5.66 Å². The second-order valence-electron chi connectivity index (χ2n) is 5.81. The van der Waals surface area contributed by atoms with Crippen molar-refractivity contribution in [2.75, 3.05) is 11.9 Å². The third-order valence-electron chi connectivity index (χ3n) is 4.80. The predicted molar refractivity (Wildman–Crippen MR) is 83.3 cm³/mol. The van der Waals surface area contributed by atoms with Crippen LogP contribution in [0, 0.1) is 6.92 Å². The largest absolute Gasteiger partial charge is 0.353 e. The molecule has 2 heteroatoms. The normalized spacial score (nSPS) is 22.6. The monoisotopic (exact) mass is 262 g/mol. The summed E-state index contributed by atoms with van der Waals surface area (Å²) in [5.41, 5.74) is 6.59. The van der Waals surface area contributed by atoms with Crippen LogP contribution in [0.15, 0.2) is 54.9 Å². The van der Waals surface area contributed by atoms with Crippen LogP contribution in [0.4, 0.5) is 5.69 Å². The Kier molecular flexibility index (Phi) is 2.12. The van der Waals surface area contributed by atoms with Gasteiger partial charge in [0.25, 0.3) is 0 Å². The van der Waals surface area contributed by atoms with Crippen LogP contribution < -0.4 is 4.90 Å². The number of para-hydroxylation sites is 1. The fourth-order valence-corrected chi connectivity index (χ4v) is 3.67. The van der Waals surface area contributed by atoms with E-state index in [1.54, 1.807) is 0 Å². The Morgan fingerprint density at radius 3 is 2.50 bits per heavy atom. The van der Waals surface area contributed by atoms with Crippen molar-refractivity contribution in [1.82, 2.24) is 4.90 Å². The molecular weight excluding hydrogens is 244 g/mol. The molecule has 0 aromatic heterocycles. The molecule has 0 bridgehead atoms. The van der Waals surface area contributed by atoms with E-state index in [9.17, 15) is 0 Å². The first kappa shape index (κ1) is 11.6. The van der Waals surface area contributed by atoms with Crippen LogP contribution in [0.2, 0.25) is 0 Å². The van der Waals surface area contributed by atoms with Crippen molar-refractivity contribution in [1.29, 1.82) is 0 Å². The van der Waals surface area contributed by atoms with Crippen LogP contribution in [0.3, 0.4) is 0 Å². The van der Waals surface area contributed by atoms with Crippen LogP contribution in [0.5, 0.6) is 0 Å². The van der Waals surface area contributed by atoms with Crippen LogP contribution in [-0.4, -0.2) is 11.9 Å². The predicted octanol–water partition coefficient (Wildman–Crippen LogP) is 4.07. The fraction of sp³-hybridized carbons (Fsp3) is 0.222. The SMILES string of the molecule is Cc1cccc2c1C1(C)N(C)C=CN1c1ccccc1-2. The molecule has 0 fully saturated rings. The third kappa shape index (κ3) is 1.19. The lowest BCUT2D eigenvalue weighted by Crippen LogP contribution is -2.49. The molecule has 0 saturated heterocycles. The summed E-state index contributed by atoms with van der Waals surface area (Å²) in [6.07, 6.45) is 4.35. The number of nitrogens with zero attached hydrogens (tertiary/aromatic N) is 2. The van der Waals surface area contributed by atoms with E-state index in [2.05, 4.69) is 85.6 Å². The first-order valence-corrected chi connectivity index (χ1v) is 7.04. The number of hydrogen-bond donors (Lipinski definition) is 0. The van der Waals surface area contributed by atoms with Gasteiger partial charge in [-0.15, -0.1) is 0 Å². The summed E-state index contributed by atoms with van der Waals surface area (Å²) in [5, 5.41) is 0. The molecule has 2 aliphatic rings. The zero-order chi connectivity index (χ0) is 13.9. The Labute approximate surface area is 119 Å². The number of rotatable bonds is 0. The van der Waals surface area contributed by atoms with Crippen molar-refractivity contribution in [3.05, 3.63) is 66.0 Å². The summed E-state index contributed by atoms with van der Waals surface area (Å²) in [4.78, 5) is 4.69. The summed E-state index contributed by atoms with van der Waals surface area (Å²) >= 11 is 0. The summed E-state index contributed by atoms with van der Waals surface area (Å²) in [7, 11) is 2.15. The van der Waals surface area contributed by atoms with E-state index in [0.717, 1.165) is 0 Å². The van der Waals surface area contributed by atoms with Crippen LogP contribution >= 0.6 is 0 Å². The summed E-state index contributed by atoms with van der Waals surface area (Å²) < 4.78 is 0. The zero-order valence-corrected chi connectivity index (χ0v) is 12.1. The van der Waals surface area contributed by atoms with E-state index in [1.165, 1.54) is 27.9 Å². The fourth-order valence-electron chi connectivity index (χ4n) is 3.67. The maximum atomic E-state index is 2.39. The number of anilines is 1. The minimum atomic E-state index is -0.130. The quantitative estimate of drug-likeness (QED) is 0.706. The summed E-state index contributed by atoms with van der Waals surface area (Å²) in [6.45, 7) is 4.51. The van der Waals surface area contributed by atoms with E-state index in [0.29, 0.717) is 0 Å². The minimum absolute atomic E-state index is 0.130. The third-order valence-corrected chi connectivity index (χ3v) is 4.80. The highest BCUT2D eigenvalue weighted by molar-refractivity contribution is 5.87. The lowest BCUT2D eigenvalue weighted by molar-refractivity contribution is 0.228. The molecule has 1 unspecified atom stereocenters. The van der Waals surface area contributed by atoms with Crippen molar-refractivity contribution < 1.29 is 0 Å². The first-order chi connectivity index (χ1) is 9.64. The van der Waals surface area contributed by atoms with Gasteiger partial charge in [0, 0.05) is 30.6 Å². The smallest absolute Gasteiger partial charge is 0.140 e. The van der Waals surface area contributed by atoms with E-state index < -0.39 is 0 Å². The lowest BCUT2D eigenvalue weighted by Gasteiger charge is -2.47. The van der Waals surface area contributed by atoms with Crippen molar-refractivity contribution >= 4 is 5.69 Å². The molecule has 0 spiro atoms. The topological polar surface area (TPSA) is 6.48 Å². The molecule has 4 rings (SSSR count). The molecule has 100 valence electrons. The second-order valence-corrected chi connectivity index (χ2v) is 5.81. The molecule has 0 aliphatic carbocycles. The molecule has 20 heavy (non-hydrogen) atoms. The van der Waals surface area contributed by atoms with Gasteiger partial charge in [-0.2, -0.15) is 0 Å². The minimum Gasteiger partial charge on any atom is -0.353 e. The summed E-state index contributed by atoms with van der Waals surface area (Å²) in [5.74, 6) is 0. The molecule has 0 amide bonds. The van der Waals surface area contributed by atoms with Gasteiger partial charge < -0.3 is 9.80 Å². The average molecular weight is 262 g/mol. The summed E-state index contributed by atoms with van der Waals surface area (Å²) in [6, 6.07) is 15.3. The second kappa shape index (κ2) is 3.66. The highest BCUT2D eigenvalue weighted by atomic mass is 15.4. The number of aryl methyl sites for hydroxylation is 1. The highest BCUT2D eigenvalue weighted by Crippen LogP contribution is 2.51. The molecule has 0 N–H and O–H groups in total. The van der Waals surface area contributed by atoms with Gasteiger partial charge in [-0.05, 0) is 31.0 Å². The standard InChI is InChI=1S/C18H18N2/c1-13-7-6-9-15-14-8-4-5-10-16(14)20-12-11-19(3)18(20,2)17(13)15/h4-12H,1-3H3. The Morgan fingerprint density at radius 2 is 1.65 bits per heavy atom. The Bertz CT molecular complexity index is 732. The molecule has 2 aromatic rings. The number of fused-ring (bicyclic) bond motifs is 6. The lowest BCUT2D eigenvalue weighted by atomic mass is 9.82. The van der Waals surface area contributed by atoms with Crippen molar-refractivity contribution in [2.24, 2.45) is 0 Å². The average Bonchev–Trinajstić information content (AvgIpc) is 2.76. The van der Waals surface area contributed by atoms with Gasteiger partial charge in [0.15, 0.2) is 0 Å². The molecule has 0 saturated carbocycles. The molecule has 2 heterocycles. The molecule has 1 atom stereocenters. The Hall–Kier alpha value is -2.22. The van der Waals surface area contributed by atoms with E-state index in [4.69, 9.17) is 0 Å². The van der Waals surface area contributed by atoms with Crippen molar-refractivity contribution in [2.45, 2.75) is 19.5 Å². The zero-order valence-electron chi connectivity index (χ0n) is 12.1. The van der Waals surface area contributed by atoms with E-state index in [1.807, 2.05) is 0 Å². The van der Waals surface area contributed by atoms with Gasteiger partial charge in [0.05, 0.1) is 5.69 Å². The number of hydrogen-bond acceptors (Lipinski definition) is 2. The number of benzene rings is 2. The van der Waals surface area contributed by atoms with Gasteiger partial charge in [-0.25, -0.2) is 0 Å². The Morgan fingerprint density at radius 1 is 0.900 bits per heavy atom. The maximum Gasteiger partial charge on any atom is 0.140 e. The van der Waals surface area contributed by atoms with E-state index in [-0.39, 0.29) is 5.66 Å². The van der Waals surface area contributed by atoms with Gasteiger partial charge in [0.2, 0.25) is 0 Å². The van der Waals surface area contributed by atoms with Crippen molar-refractivity contribution in [3.8, 4) is 11.1 Å². The molecule has 2 nitrogen and oxygen atoms in total. The van der Waals surface area contributed by atoms with Crippen LogP contribution in [0.25, 0.3) is 11.1 Å². The molecule has 0 radical (unpaired) electrons.